The fourth-order valence-electron chi connectivity index (χ4n) is 9.96. The Kier molecular flexibility index (Phi) is 4.99. The van der Waals surface area contributed by atoms with E-state index in [0.29, 0.717) is 11.0 Å². The zero-order valence-corrected chi connectivity index (χ0v) is 33.2. The van der Waals surface area contributed by atoms with Crippen LogP contribution >= 0.6 is 0 Å². The molecule has 294 valence electrons. The Balaban J connectivity index is 1.18. The first-order valence-corrected chi connectivity index (χ1v) is 20.5. The van der Waals surface area contributed by atoms with Gasteiger partial charge in [0.25, 0.3) is 0 Å². The fourth-order valence-corrected chi connectivity index (χ4v) is 9.96. The Morgan fingerprint density at radius 3 is 1.63 bits per heavy atom. The second kappa shape index (κ2) is 13.9. The molecule has 0 aliphatic heterocycles. The number of fused-ring (bicyclic) bond motifs is 9. The summed E-state index contributed by atoms with van der Waals surface area (Å²) in [4.78, 5) is 0. The van der Waals surface area contributed by atoms with Crippen LogP contribution in [0.25, 0.3) is 88.4 Å². The fraction of sp³-hybridized carbons (Fsp3) is 0.0164. The number of hydrogen-bond acceptors (Lipinski definition) is 0. The van der Waals surface area contributed by atoms with E-state index in [-0.39, 0.29) is 44.3 Å². The van der Waals surface area contributed by atoms with Crippen LogP contribution in [0.3, 0.4) is 0 Å². The van der Waals surface area contributed by atoms with Gasteiger partial charge in [-0.15, -0.1) is 0 Å². The van der Waals surface area contributed by atoms with Gasteiger partial charge in [0, 0.05) is 38.4 Å². The second-order valence-electron chi connectivity index (χ2n) is 15.5. The van der Waals surface area contributed by atoms with E-state index in [1.54, 1.807) is 4.57 Å². The molecule has 0 spiro atoms. The molecule has 0 bridgehead atoms. The van der Waals surface area contributed by atoms with Gasteiger partial charge in [0.05, 0.1) is 56.5 Å². The Morgan fingerprint density at radius 2 is 0.921 bits per heavy atom. The summed E-state index contributed by atoms with van der Waals surface area (Å²) in [6.07, 6.45) is 0. The maximum absolute atomic E-state index is 10.4. The first-order valence-electron chi connectivity index (χ1n) is 29.0. The van der Waals surface area contributed by atoms with Gasteiger partial charge < -0.3 is 9.13 Å². The Labute approximate surface area is 390 Å². The Bertz CT molecular complexity index is 4560. The summed E-state index contributed by atoms with van der Waals surface area (Å²) in [6, 6.07) is 33.3. The van der Waals surface area contributed by atoms with Crippen LogP contribution < -0.4 is 0 Å². The molecule has 0 unspecified atom stereocenters. The van der Waals surface area contributed by atoms with Gasteiger partial charge in [0.1, 0.15) is 0 Å². The van der Waals surface area contributed by atoms with Crippen LogP contribution in [0.1, 0.15) is 45.6 Å². The van der Waals surface area contributed by atoms with E-state index in [4.69, 9.17) is 11.0 Å². The zero-order chi connectivity index (χ0) is 56.3. The minimum Gasteiger partial charge on any atom is -0.309 e. The first-order chi connectivity index (χ1) is 38.4. The number of rotatable bonds is 6. The number of hydrogen-bond donors (Lipinski definition) is 0. The molecule has 0 N–H and O–H groups in total. The number of para-hydroxylation sites is 3. The highest BCUT2D eigenvalue weighted by Gasteiger charge is 2.46. The molecular formula is C61H40N2. The minimum atomic E-state index is -0.787. The molecule has 0 saturated carbocycles. The van der Waals surface area contributed by atoms with Gasteiger partial charge in [-0.05, 0) is 86.9 Å². The summed E-state index contributed by atoms with van der Waals surface area (Å²) in [5, 5.41) is 1.02. The molecule has 63 heavy (non-hydrogen) atoms. The van der Waals surface area contributed by atoms with Crippen LogP contribution in [0.5, 0.6) is 0 Å². The predicted octanol–water partition coefficient (Wildman–Crippen LogP) is 15.6. The third kappa shape index (κ3) is 5.13. The summed E-state index contributed by atoms with van der Waals surface area (Å²) in [5.41, 5.74) is 4.33. The molecule has 2 heteroatoms. The van der Waals surface area contributed by atoms with Gasteiger partial charge in [0.15, 0.2) is 0 Å². The molecule has 12 aromatic rings. The first kappa shape index (κ1) is 22.6. The van der Waals surface area contributed by atoms with Gasteiger partial charge in [-0.1, -0.05) is 200 Å². The van der Waals surface area contributed by atoms with Gasteiger partial charge in [-0.2, -0.15) is 0 Å². The van der Waals surface area contributed by atoms with Crippen molar-refractivity contribution in [1.82, 2.24) is 9.13 Å². The lowest BCUT2D eigenvalue weighted by molar-refractivity contribution is 0.770. The average molecular weight is 818 g/mol. The van der Waals surface area contributed by atoms with Gasteiger partial charge in [-0.25, -0.2) is 0 Å². The maximum atomic E-state index is 10.4. The van der Waals surface area contributed by atoms with Crippen LogP contribution in [-0.2, 0) is 5.41 Å². The highest BCUT2D eigenvalue weighted by molar-refractivity contribution is 6.13. The molecule has 13 rings (SSSR count). The molecule has 2 nitrogen and oxygen atoms in total. The molecule has 0 radical (unpaired) electrons. The lowest BCUT2D eigenvalue weighted by Gasteiger charge is -2.34. The topological polar surface area (TPSA) is 9.86 Å². The van der Waals surface area contributed by atoms with Gasteiger partial charge in [0.2, 0.25) is 0 Å². The zero-order valence-electron chi connectivity index (χ0n) is 50.2. The van der Waals surface area contributed by atoms with E-state index in [2.05, 4.69) is 42.5 Å². The van der Waals surface area contributed by atoms with Crippen molar-refractivity contribution < 1.29 is 23.3 Å². The Hall–Kier alpha value is -8.20. The van der Waals surface area contributed by atoms with Crippen LogP contribution in [-0.4, -0.2) is 9.13 Å². The Morgan fingerprint density at radius 1 is 0.349 bits per heavy atom. The van der Waals surface area contributed by atoms with E-state index >= 15 is 0 Å². The smallest absolute Gasteiger partial charge is 0.0713 e. The lowest BCUT2D eigenvalue weighted by atomic mass is 9.67. The highest BCUT2D eigenvalue weighted by atomic mass is 15.0. The van der Waals surface area contributed by atoms with Crippen LogP contribution in [0.2, 0.25) is 0 Å². The standard InChI is InChI=1S/C61H40N2/c1-4-19-41(20-5-1)46-29-18-30-47(42-21-6-2-7-22-42)60(46)63-57-34-17-13-28-51(57)53-40-45(36-38-59(53)63)62-56-33-16-12-27-50(56)52-39-44(35-37-58(52)62)61(43-23-8-3-9-24-43)54-31-14-10-25-48(54)49-26-11-15-32-55(49)61/h1-40H/i1D,2D,4D,5D,6D,7D,13D,17D,19D,20D,21D,22D,28D,34D,36D,38D,40D. The molecule has 0 atom stereocenters. The summed E-state index contributed by atoms with van der Waals surface area (Å²) < 4.78 is 159. The summed E-state index contributed by atoms with van der Waals surface area (Å²) in [6.45, 7) is 0. The molecule has 1 aliphatic carbocycles. The maximum Gasteiger partial charge on any atom is 0.0713 e. The van der Waals surface area contributed by atoms with E-state index in [9.17, 15) is 12.3 Å². The molecule has 1 aliphatic rings. The normalized spacial score (nSPS) is 16.7. The number of benzene rings is 10. The molecular weight excluding hydrogens is 761 g/mol. The highest BCUT2D eigenvalue weighted by Crippen LogP contribution is 2.56. The molecule has 10 aromatic carbocycles. The van der Waals surface area contributed by atoms with Crippen molar-refractivity contribution in [3.05, 3.63) is 265 Å². The quantitative estimate of drug-likeness (QED) is 0.158. The SMILES string of the molecule is [2H]c1c([2H])c([2H])c(-c2cccc(-c3c([2H])c([2H])c([2H])c([2H])c3[2H])c2-n2c3c([2H])c([2H])c([2H])c([2H])c3c3c([2H])c(-n4c5ccccc5c5cc(C6(c7ccccc7)c7ccccc7-c7ccccc76)ccc54)c([2H])c([2H])c32)c([2H])c1[2H]. The second-order valence-corrected chi connectivity index (χ2v) is 15.5. The van der Waals surface area contributed by atoms with Crippen molar-refractivity contribution in [2.75, 3.05) is 0 Å². The summed E-state index contributed by atoms with van der Waals surface area (Å²) in [5.74, 6) is 0. The van der Waals surface area contributed by atoms with Crippen LogP contribution in [0, 0.1) is 0 Å². The molecule has 2 heterocycles. The van der Waals surface area contributed by atoms with E-state index in [1.807, 2.05) is 78.9 Å². The molecule has 2 aromatic heterocycles. The van der Waals surface area contributed by atoms with Crippen molar-refractivity contribution >= 4 is 43.6 Å². The van der Waals surface area contributed by atoms with E-state index < -0.39 is 119 Å². The van der Waals surface area contributed by atoms with Gasteiger partial charge >= 0.3 is 0 Å². The van der Waals surface area contributed by atoms with Crippen molar-refractivity contribution in [3.63, 3.8) is 0 Å². The van der Waals surface area contributed by atoms with Gasteiger partial charge in [-0.3, -0.25) is 0 Å². The number of aromatic nitrogens is 2. The monoisotopic (exact) mass is 817 g/mol. The third-order valence-electron chi connectivity index (χ3n) is 12.4. The average Bonchev–Trinajstić information content (AvgIpc) is 4.32. The summed E-state index contributed by atoms with van der Waals surface area (Å²) >= 11 is 0. The van der Waals surface area contributed by atoms with Crippen LogP contribution in [0.15, 0.2) is 242 Å². The third-order valence-corrected chi connectivity index (χ3v) is 12.4. The van der Waals surface area contributed by atoms with E-state index in [0.717, 1.165) is 48.7 Å². The van der Waals surface area contributed by atoms with Crippen molar-refractivity contribution in [2.45, 2.75) is 5.41 Å². The van der Waals surface area contributed by atoms with Crippen molar-refractivity contribution in [2.24, 2.45) is 0 Å². The predicted molar refractivity (Wildman–Crippen MR) is 263 cm³/mol. The minimum absolute atomic E-state index is 0.105. The van der Waals surface area contributed by atoms with Crippen molar-refractivity contribution in [1.29, 1.82) is 0 Å². The lowest BCUT2D eigenvalue weighted by Crippen LogP contribution is -2.28. The molecule has 0 amide bonds. The largest absolute Gasteiger partial charge is 0.309 e. The van der Waals surface area contributed by atoms with Crippen molar-refractivity contribution in [3.8, 4) is 44.8 Å². The number of nitrogens with zero attached hydrogens (tertiary/aromatic N) is 2. The molecule has 0 fully saturated rings. The van der Waals surface area contributed by atoms with Crippen LogP contribution in [0.4, 0.5) is 0 Å². The molecule has 0 saturated heterocycles. The summed E-state index contributed by atoms with van der Waals surface area (Å²) in [7, 11) is 0. The van der Waals surface area contributed by atoms with E-state index in [1.165, 1.54) is 18.2 Å².